The second-order valence-electron chi connectivity index (χ2n) is 28.6. The Morgan fingerprint density at radius 2 is 0.792 bits per heavy atom. The molecule has 106 heavy (non-hydrogen) atoms. The molecule has 546 valence electrons. The number of carbonyl (C=O) groups is 5. The van der Waals surface area contributed by atoms with E-state index in [2.05, 4.69) is 182 Å². The average Bonchev–Trinajstić information content (AvgIpc) is 1.42. The molecule has 8 unspecified atom stereocenters. The third kappa shape index (κ3) is 16.2. The first kappa shape index (κ1) is 73.8. The molecule has 2 aliphatic heterocycles. The molecule has 19 heteroatoms. The van der Waals surface area contributed by atoms with Gasteiger partial charge in [-0.05, 0) is 199 Å². The maximum absolute atomic E-state index is 12.9. The Morgan fingerprint density at radius 1 is 0.443 bits per heavy atom. The van der Waals surface area contributed by atoms with Crippen LogP contribution in [0.1, 0.15) is 84.7 Å². The van der Waals surface area contributed by atoms with Gasteiger partial charge in [-0.1, -0.05) is 109 Å². The highest BCUT2D eigenvalue weighted by atomic mass is 32.2. The van der Waals surface area contributed by atoms with Crippen molar-refractivity contribution >= 4 is 72.5 Å². The highest BCUT2D eigenvalue weighted by molar-refractivity contribution is 7.97. The molecular formula is C87H87O15S4+3. The second kappa shape index (κ2) is 32.1. The Hall–Kier alpha value is -9.11. The molecule has 15 nitrogen and oxygen atoms in total. The fourth-order valence-corrected chi connectivity index (χ4v) is 25.5. The van der Waals surface area contributed by atoms with Crippen molar-refractivity contribution in [2.45, 2.75) is 166 Å². The SMILES string of the molecule is Cc1cc([S+](c2ccccc2)c2ccccc2)cc(C)c1OCC(=O)OC12CC3CC(C1)C(=O)C(C3)C2.Cc1cc([S+](c2ccccc2)c2ccccc2)cc(C)c1OCC(=O)OC1C2CC3C1OS(=O)(=O)C3C2.Cc1cc([S+](c2ccccc2)c2ccccc2)cc(C)c1OCC(=O)OC1CCOC1=O. The second-order valence-corrected chi connectivity index (χ2v) is 36.5. The molecule has 0 radical (unpaired) electrons. The molecule has 8 atom stereocenters. The average molecular weight is 1500 g/mol. The van der Waals surface area contributed by atoms with E-state index in [1.54, 1.807) is 0 Å². The third-order valence-corrected chi connectivity index (χ3v) is 29.4. The molecule has 0 amide bonds. The smallest absolute Gasteiger partial charge is 0.347 e. The van der Waals surface area contributed by atoms with Crippen molar-refractivity contribution < 1.29 is 69.7 Å². The van der Waals surface area contributed by atoms with E-state index in [4.69, 9.17) is 37.3 Å². The zero-order valence-electron chi connectivity index (χ0n) is 60.2. The van der Waals surface area contributed by atoms with Crippen molar-refractivity contribution in [2.75, 3.05) is 26.4 Å². The fraction of sp³-hybridized carbons (Fsp3) is 0.322. The number of Topliss-reactive ketones (excluding diaryl/α,β-unsaturated/α-hetero) is 1. The minimum absolute atomic E-state index is 0.0397. The van der Waals surface area contributed by atoms with Crippen LogP contribution in [0.15, 0.2) is 262 Å². The highest BCUT2D eigenvalue weighted by Crippen LogP contribution is 2.57. The zero-order chi connectivity index (χ0) is 73.8. The lowest BCUT2D eigenvalue weighted by Crippen LogP contribution is -2.57. The molecule has 6 bridgehead atoms. The van der Waals surface area contributed by atoms with Crippen molar-refractivity contribution in [1.82, 2.24) is 0 Å². The minimum atomic E-state index is -3.54. The van der Waals surface area contributed by atoms with Crippen molar-refractivity contribution in [3.63, 3.8) is 0 Å². The number of ketones is 1. The summed E-state index contributed by atoms with van der Waals surface area (Å²) >= 11 is 0. The predicted molar refractivity (Wildman–Crippen MR) is 406 cm³/mol. The summed E-state index contributed by atoms with van der Waals surface area (Å²) in [6.45, 7) is 11.7. The molecule has 2 heterocycles. The summed E-state index contributed by atoms with van der Waals surface area (Å²) in [7, 11) is -4.32. The fourth-order valence-electron chi connectivity index (χ4n) is 16.8. The molecule has 0 N–H and O–H groups in total. The van der Waals surface area contributed by atoms with Crippen molar-refractivity contribution in [2.24, 2.45) is 29.6 Å². The Balaban J connectivity index is 0.000000134. The molecule has 9 aromatic carbocycles. The Labute approximate surface area is 629 Å². The summed E-state index contributed by atoms with van der Waals surface area (Å²) in [5, 5.41) is -0.436. The van der Waals surface area contributed by atoms with E-state index < -0.39 is 57.2 Å². The molecular weight excluding hydrogens is 1410 g/mol. The van der Waals surface area contributed by atoms with E-state index in [1.165, 1.54) is 44.1 Å². The van der Waals surface area contributed by atoms with Gasteiger partial charge in [0, 0.05) is 66.5 Å². The van der Waals surface area contributed by atoms with Gasteiger partial charge < -0.3 is 33.2 Å². The van der Waals surface area contributed by atoms with Crippen LogP contribution in [0.3, 0.4) is 0 Å². The molecule has 8 fully saturated rings. The normalized spacial score (nSPS) is 23.1. The van der Waals surface area contributed by atoms with E-state index >= 15 is 0 Å². The van der Waals surface area contributed by atoms with Gasteiger partial charge in [-0.25, -0.2) is 19.2 Å². The summed E-state index contributed by atoms with van der Waals surface area (Å²) < 4.78 is 69.2. The summed E-state index contributed by atoms with van der Waals surface area (Å²) in [4.78, 5) is 72.8. The van der Waals surface area contributed by atoms with Crippen LogP contribution in [0.5, 0.6) is 17.2 Å². The molecule has 6 saturated carbocycles. The monoisotopic (exact) mass is 1500 g/mol. The zero-order valence-corrected chi connectivity index (χ0v) is 63.5. The number of hydrogen-bond acceptors (Lipinski definition) is 15. The van der Waals surface area contributed by atoms with Gasteiger partial charge in [0.2, 0.25) is 6.10 Å². The molecule has 9 aromatic rings. The van der Waals surface area contributed by atoms with Gasteiger partial charge in [0.15, 0.2) is 63.9 Å². The molecule has 0 aromatic heterocycles. The van der Waals surface area contributed by atoms with E-state index in [9.17, 15) is 32.4 Å². The molecule has 8 aliphatic rings. The standard InChI is InChI=1S/C32H33O4S.C29H29O6S2.C26H25O5S/c1-21-13-28(37(26-9-5-3-6-10-26)27-11-7-4-8-12-27)14-22(2)31(21)35-20-29(33)36-32-17-23-15-24(18-32)30(34)25(16-23)19-32;1-18-13-23(36(21-9-5-3-6-10-21)22-11-7-4-8-12-22)14-19(2)27(18)33-17-26(30)34-28-20-15-24-25(16-20)37(31,32)35-29(24)28;1-18-15-22(32(20-9-5-3-6-10-20)21-11-7-4-8-12-21)16-19(2)25(18)30-17-24(27)31-23-13-14-29-26(23)28/h3-14,23-25H,15-20H2,1-2H3;3-14,20,24-25,28-29H,15-17H2,1-2H3;3-12,15-16,23H,13-14,17H2,1-2H3/q3*+1. The van der Waals surface area contributed by atoms with Gasteiger partial charge in [-0.2, -0.15) is 8.42 Å². The van der Waals surface area contributed by atoms with Crippen LogP contribution >= 0.6 is 0 Å². The summed E-state index contributed by atoms with van der Waals surface area (Å²) in [6.07, 6.45) is 3.97. The van der Waals surface area contributed by atoms with E-state index in [1.807, 2.05) is 77.9 Å². The lowest BCUT2D eigenvalue weighted by Gasteiger charge is -2.54. The van der Waals surface area contributed by atoms with Gasteiger partial charge in [0.25, 0.3) is 10.1 Å². The van der Waals surface area contributed by atoms with Gasteiger partial charge in [-0.3, -0.25) is 8.98 Å². The first-order chi connectivity index (χ1) is 51.2. The molecule has 6 aliphatic carbocycles. The Morgan fingerprint density at radius 3 is 1.14 bits per heavy atom. The number of cyclic esters (lactones) is 1. The minimum Gasteiger partial charge on any atom is -0.481 e. The largest absolute Gasteiger partial charge is 0.481 e. The van der Waals surface area contributed by atoms with Crippen molar-refractivity contribution in [3.8, 4) is 17.2 Å². The summed E-state index contributed by atoms with van der Waals surface area (Å²) in [5.74, 6) is 1.22. The van der Waals surface area contributed by atoms with Crippen LogP contribution in [0.4, 0.5) is 0 Å². The molecule has 2 saturated heterocycles. The van der Waals surface area contributed by atoms with E-state index in [-0.39, 0.29) is 88.8 Å². The van der Waals surface area contributed by atoms with Crippen LogP contribution < -0.4 is 14.2 Å². The predicted octanol–water partition coefficient (Wildman–Crippen LogP) is 15.9. The topological polar surface area (TPSA) is 193 Å². The van der Waals surface area contributed by atoms with E-state index in [0.717, 1.165) is 64.8 Å². The van der Waals surface area contributed by atoms with Gasteiger partial charge in [-0.15, -0.1) is 0 Å². The van der Waals surface area contributed by atoms with Crippen LogP contribution in [0.25, 0.3) is 0 Å². The molecule has 0 spiro atoms. The number of aryl methyl sites for hydroxylation is 6. The third-order valence-electron chi connectivity index (χ3n) is 21.0. The summed E-state index contributed by atoms with van der Waals surface area (Å²) in [5.41, 5.74) is 5.33. The quantitative estimate of drug-likeness (QED) is 0.0285. The maximum Gasteiger partial charge on any atom is 0.347 e. The van der Waals surface area contributed by atoms with Crippen LogP contribution in [0, 0.1) is 71.1 Å². The van der Waals surface area contributed by atoms with Crippen molar-refractivity contribution in [1.29, 1.82) is 0 Å². The number of hydrogen-bond donors (Lipinski definition) is 0. The number of rotatable bonds is 21. The van der Waals surface area contributed by atoms with Gasteiger partial charge in [0.05, 0.1) is 44.5 Å². The first-order valence-corrected chi connectivity index (χ1v) is 41.4. The number of carbonyl (C=O) groups excluding carboxylic acids is 5. The number of fused-ring (bicyclic) bond motifs is 1. The molecule has 17 rings (SSSR count). The maximum atomic E-state index is 12.9. The highest BCUT2D eigenvalue weighted by Gasteiger charge is 2.65. The van der Waals surface area contributed by atoms with Crippen LogP contribution in [-0.2, 0) is 89.9 Å². The van der Waals surface area contributed by atoms with Crippen LogP contribution in [-0.4, -0.2) is 93.7 Å². The number of benzene rings is 9. The van der Waals surface area contributed by atoms with Gasteiger partial charge >= 0.3 is 23.9 Å². The van der Waals surface area contributed by atoms with Gasteiger partial charge in [0.1, 0.15) is 40.8 Å². The Kier molecular flexibility index (Phi) is 22.4. The number of esters is 4. The lowest BCUT2D eigenvalue weighted by molar-refractivity contribution is -0.190. The number of ether oxygens (including phenoxy) is 7. The first-order valence-electron chi connectivity index (χ1n) is 36.2. The van der Waals surface area contributed by atoms with Crippen LogP contribution in [0.2, 0.25) is 0 Å². The lowest BCUT2D eigenvalue weighted by atomic mass is 9.53. The van der Waals surface area contributed by atoms with Crippen molar-refractivity contribution in [3.05, 3.63) is 252 Å². The summed E-state index contributed by atoms with van der Waals surface area (Å²) in [6, 6.07) is 75.8. The Bertz CT molecular complexity index is 4590. The van der Waals surface area contributed by atoms with E-state index in [0.29, 0.717) is 48.9 Å².